The highest BCUT2D eigenvalue weighted by atomic mass is 32.2. The Labute approximate surface area is 196 Å². The van der Waals surface area contributed by atoms with Crippen LogP contribution < -0.4 is 14.8 Å². The predicted octanol–water partition coefficient (Wildman–Crippen LogP) is 5.32. The first-order valence-electron chi connectivity index (χ1n) is 10.3. The summed E-state index contributed by atoms with van der Waals surface area (Å²) in [5, 5.41) is 12.0. The lowest BCUT2D eigenvalue weighted by molar-refractivity contribution is -0.113. The number of amides is 1. The summed E-state index contributed by atoms with van der Waals surface area (Å²) in [4.78, 5) is 12.4. The minimum Gasteiger partial charge on any atom is -0.497 e. The van der Waals surface area contributed by atoms with Crippen LogP contribution in [0.3, 0.4) is 0 Å². The molecule has 0 aliphatic heterocycles. The summed E-state index contributed by atoms with van der Waals surface area (Å²) in [6.45, 7) is 2.02. The van der Waals surface area contributed by atoms with Crippen molar-refractivity contribution >= 4 is 23.4 Å². The van der Waals surface area contributed by atoms with Crippen molar-refractivity contribution in [2.24, 2.45) is 7.05 Å². The normalized spacial score (nSPS) is 10.6. The zero-order valence-corrected chi connectivity index (χ0v) is 19.4. The minimum atomic E-state index is -0.127. The van der Waals surface area contributed by atoms with Crippen LogP contribution in [-0.4, -0.2) is 33.5 Å². The number of aromatic nitrogens is 3. The second-order valence-corrected chi connectivity index (χ2v) is 8.32. The molecule has 0 fully saturated rings. The molecule has 0 spiro atoms. The Hall–Kier alpha value is -3.78. The standard InChI is InChI=1S/C25H24N4O3S/c1-17-6-4-9-22(14-17)32-20-12-10-19(11-13-20)26-23(30)16-33-25-28-27-24(29(25)2)18-7-5-8-21(15-18)31-3/h4-15H,16H2,1-3H3,(H,26,30). The number of rotatable bonds is 8. The maximum Gasteiger partial charge on any atom is 0.234 e. The Kier molecular flexibility index (Phi) is 6.95. The summed E-state index contributed by atoms with van der Waals surface area (Å²) < 4.78 is 13.0. The Balaban J connectivity index is 1.33. The molecule has 0 aliphatic rings. The van der Waals surface area contributed by atoms with Gasteiger partial charge in [0, 0.05) is 18.3 Å². The van der Waals surface area contributed by atoms with E-state index in [-0.39, 0.29) is 11.7 Å². The van der Waals surface area contributed by atoms with E-state index in [4.69, 9.17) is 9.47 Å². The van der Waals surface area contributed by atoms with Crippen molar-refractivity contribution in [1.29, 1.82) is 0 Å². The lowest BCUT2D eigenvalue weighted by Crippen LogP contribution is -2.14. The van der Waals surface area contributed by atoms with Crippen molar-refractivity contribution in [3.8, 4) is 28.6 Å². The molecule has 33 heavy (non-hydrogen) atoms. The van der Waals surface area contributed by atoms with Gasteiger partial charge < -0.3 is 19.4 Å². The first-order valence-corrected chi connectivity index (χ1v) is 11.3. The van der Waals surface area contributed by atoms with Crippen LogP contribution in [0.4, 0.5) is 5.69 Å². The van der Waals surface area contributed by atoms with Gasteiger partial charge in [0.1, 0.15) is 17.2 Å². The van der Waals surface area contributed by atoms with Gasteiger partial charge in [0.25, 0.3) is 0 Å². The van der Waals surface area contributed by atoms with E-state index < -0.39 is 0 Å². The highest BCUT2D eigenvalue weighted by Crippen LogP contribution is 2.26. The summed E-state index contributed by atoms with van der Waals surface area (Å²) >= 11 is 1.33. The molecule has 0 unspecified atom stereocenters. The number of nitrogens with zero attached hydrogens (tertiary/aromatic N) is 3. The third-order valence-electron chi connectivity index (χ3n) is 4.86. The molecule has 1 amide bonds. The van der Waals surface area contributed by atoms with Crippen LogP contribution in [0.5, 0.6) is 17.2 Å². The number of benzene rings is 3. The second-order valence-electron chi connectivity index (χ2n) is 7.38. The number of anilines is 1. The maximum atomic E-state index is 12.4. The highest BCUT2D eigenvalue weighted by Gasteiger charge is 2.13. The van der Waals surface area contributed by atoms with Crippen molar-refractivity contribution in [3.05, 3.63) is 78.4 Å². The molecule has 1 aromatic heterocycles. The third kappa shape index (κ3) is 5.72. The van der Waals surface area contributed by atoms with E-state index >= 15 is 0 Å². The first-order chi connectivity index (χ1) is 16.0. The highest BCUT2D eigenvalue weighted by molar-refractivity contribution is 7.99. The fraction of sp³-hybridized carbons (Fsp3) is 0.160. The molecule has 0 saturated heterocycles. The largest absolute Gasteiger partial charge is 0.497 e. The van der Waals surface area contributed by atoms with Gasteiger partial charge in [0.05, 0.1) is 12.9 Å². The molecule has 7 nitrogen and oxygen atoms in total. The van der Waals surface area contributed by atoms with E-state index in [1.165, 1.54) is 11.8 Å². The van der Waals surface area contributed by atoms with Gasteiger partial charge in [-0.05, 0) is 61.0 Å². The maximum absolute atomic E-state index is 12.4. The van der Waals surface area contributed by atoms with Gasteiger partial charge in [0.15, 0.2) is 11.0 Å². The molecular weight excluding hydrogens is 436 g/mol. The lowest BCUT2D eigenvalue weighted by atomic mass is 10.2. The average Bonchev–Trinajstić information content (AvgIpc) is 3.19. The molecule has 0 radical (unpaired) electrons. The average molecular weight is 461 g/mol. The van der Waals surface area contributed by atoms with Crippen molar-refractivity contribution in [1.82, 2.24) is 14.8 Å². The Morgan fingerprint density at radius 3 is 2.48 bits per heavy atom. The Bertz CT molecular complexity index is 1250. The van der Waals surface area contributed by atoms with Crippen LogP contribution in [-0.2, 0) is 11.8 Å². The van der Waals surface area contributed by atoms with E-state index in [9.17, 15) is 4.79 Å². The smallest absolute Gasteiger partial charge is 0.234 e. The second kappa shape index (κ2) is 10.2. The molecule has 0 saturated carbocycles. The van der Waals surface area contributed by atoms with Gasteiger partial charge in [-0.25, -0.2) is 0 Å². The lowest BCUT2D eigenvalue weighted by Gasteiger charge is -2.09. The number of methoxy groups -OCH3 is 1. The molecule has 4 aromatic rings. The number of carbonyl (C=O) groups is 1. The number of hydrogen-bond donors (Lipinski definition) is 1. The molecule has 1 N–H and O–H groups in total. The first kappa shape index (κ1) is 22.4. The summed E-state index contributed by atoms with van der Waals surface area (Å²) in [5.74, 6) is 3.03. The molecule has 1 heterocycles. The number of ether oxygens (including phenoxy) is 2. The summed E-state index contributed by atoms with van der Waals surface area (Å²) in [6.07, 6.45) is 0. The van der Waals surface area contributed by atoms with Gasteiger partial charge in [0.2, 0.25) is 5.91 Å². The molecular formula is C25H24N4O3S. The summed E-state index contributed by atoms with van der Waals surface area (Å²) in [7, 11) is 3.50. The van der Waals surface area contributed by atoms with E-state index in [1.807, 2.05) is 91.3 Å². The van der Waals surface area contributed by atoms with E-state index in [0.29, 0.717) is 22.4 Å². The molecule has 4 rings (SSSR count). The Morgan fingerprint density at radius 2 is 1.73 bits per heavy atom. The fourth-order valence-corrected chi connectivity index (χ4v) is 3.91. The van der Waals surface area contributed by atoms with Crippen LogP contribution >= 0.6 is 11.8 Å². The number of carbonyl (C=O) groups excluding carboxylic acids is 1. The van der Waals surface area contributed by atoms with Crippen molar-refractivity contribution in [2.75, 3.05) is 18.2 Å². The van der Waals surface area contributed by atoms with E-state index in [1.54, 1.807) is 7.11 Å². The fourth-order valence-electron chi connectivity index (χ4n) is 3.20. The molecule has 0 bridgehead atoms. The van der Waals surface area contributed by atoms with Crippen LogP contribution in [0.1, 0.15) is 5.56 Å². The van der Waals surface area contributed by atoms with Crippen molar-refractivity contribution in [3.63, 3.8) is 0 Å². The van der Waals surface area contributed by atoms with Crippen LogP contribution in [0.25, 0.3) is 11.4 Å². The summed E-state index contributed by atoms with van der Waals surface area (Å²) in [5.41, 5.74) is 2.73. The predicted molar refractivity (Wildman–Crippen MR) is 130 cm³/mol. The van der Waals surface area contributed by atoms with Gasteiger partial charge in [-0.15, -0.1) is 10.2 Å². The molecule has 0 aliphatic carbocycles. The zero-order valence-electron chi connectivity index (χ0n) is 18.6. The number of aryl methyl sites for hydroxylation is 1. The zero-order chi connectivity index (χ0) is 23.2. The van der Waals surface area contributed by atoms with Crippen LogP contribution in [0.2, 0.25) is 0 Å². The Morgan fingerprint density at radius 1 is 0.970 bits per heavy atom. The summed E-state index contributed by atoms with van der Waals surface area (Å²) in [6, 6.07) is 22.8. The minimum absolute atomic E-state index is 0.127. The van der Waals surface area contributed by atoms with Crippen molar-refractivity contribution < 1.29 is 14.3 Å². The van der Waals surface area contributed by atoms with Gasteiger partial charge in [-0.1, -0.05) is 36.0 Å². The SMILES string of the molecule is COc1cccc(-c2nnc(SCC(=O)Nc3ccc(Oc4cccc(C)c4)cc3)n2C)c1. The third-order valence-corrected chi connectivity index (χ3v) is 5.88. The molecule has 3 aromatic carbocycles. The molecule has 8 heteroatoms. The van der Waals surface area contributed by atoms with Crippen molar-refractivity contribution in [2.45, 2.75) is 12.1 Å². The molecule has 168 valence electrons. The molecule has 0 atom stereocenters. The number of hydrogen-bond acceptors (Lipinski definition) is 6. The number of nitrogens with one attached hydrogen (secondary N) is 1. The van der Waals surface area contributed by atoms with Crippen LogP contribution in [0.15, 0.2) is 78.0 Å². The van der Waals surface area contributed by atoms with Gasteiger partial charge in [-0.3, -0.25) is 4.79 Å². The quantitative estimate of drug-likeness (QED) is 0.359. The topological polar surface area (TPSA) is 78.3 Å². The monoisotopic (exact) mass is 460 g/mol. The van der Waals surface area contributed by atoms with E-state index in [2.05, 4.69) is 15.5 Å². The van der Waals surface area contributed by atoms with E-state index in [0.717, 1.165) is 22.6 Å². The van der Waals surface area contributed by atoms with Gasteiger partial charge >= 0.3 is 0 Å². The van der Waals surface area contributed by atoms with Crippen LogP contribution in [0, 0.1) is 6.92 Å². The number of thioether (sulfide) groups is 1. The van der Waals surface area contributed by atoms with Gasteiger partial charge in [-0.2, -0.15) is 0 Å².